The van der Waals surface area contributed by atoms with Gasteiger partial charge in [0.25, 0.3) is 5.78 Å². The fourth-order valence-corrected chi connectivity index (χ4v) is 5.80. The average molecular weight is 515 g/mol. The molecule has 4 aromatic rings. The molecule has 1 amide bonds. The van der Waals surface area contributed by atoms with E-state index >= 15 is 0 Å². The van der Waals surface area contributed by atoms with E-state index in [1.165, 1.54) is 25.6 Å². The van der Waals surface area contributed by atoms with Gasteiger partial charge in [-0.2, -0.15) is 0 Å². The van der Waals surface area contributed by atoms with Gasteiger partial charge in [0.1, 0.15) is 28.9 Å². The number of hydrogen-bond acceptors (Lipinski definition) is 8. The summed E-state index contributed by atoms with van der Waals surface area (Å²) in [5, 5.41) is 13.2. The van der Waals surface area contributed by atoms with Crippen LogP contribution in [0.1, 0.15) is 16.5 Å². The van der Waals surface area contributed by atoms with Gasteiger partial charge in [0.2, 0.25) is 0 Å². The van der Waals surface area contributed by atoms with E-state index in [2.05, 4.69) is 4.98 Å². The topological polar surface area (TPSA) is 89.0 Å². The number of aliphatic hydroxyl groups is 1. The lowest BCUT2D eigenvalue weighted by Gasteiger charge is -2.22. The van der Waals surface area contributed by atoms with Crippen molar-refractivity contribution in [2.75, 3.05) is 19.1 Å². The van der Waals surface area contributed by atoms with Crippen LogP contribution in [0.4, 0.5) is 13.9 Å². The molecular formula is C24H16F2N2O5S2. The fourth-order valence-electron chi connectivity index (χ4n) is 3.98. The number of carbonyl (C=O) groups excluding carboxylic acids is 2. The van der Waals surface area contributed by atoms with Crippen LogP contribution < -0.4 is 14.4 Å². The number of hydrogen-bond donors (Lipinski definition) is 1. The molecule has 2 aromatic heterocycles. The van der Waals surface area contributed by atoms with E-state index in [0.29, 0.717) is 9.58 Å². The van der Waals surface area contributed by atoms with Gasteiger partial charge < -0.3 is 14.6 Å². The Morgan fingerprint density at radius 2 is 1.74 bits per heavy atom. The molecule has 0 radical (unpaired) electrons. The molecular weight excluding hydrogens is 498 g/mol. The molecule has 1 saturated heterocycles. The molecule has 2 aromatic carbocycles. The van der Waals surface area contributed by atoms with Crippen LogP contribution in [0, 0.1) is 11.6 Å². The Hall–Kier alpha value is -3.83. The smallest absolute Gasteiger partial charge is 0.301 e. The largest absolute Gasteiger partial charge is 0.506 e. The van der Waals surface area contributed by atoms with Crippen molar-refractivity contribution in [3.8, 4) is 11.5 Å². The minimum absolute atomic E-state index is 0.0662. The van der Waals surface area contributed by atoms with Gasteiger partial charge in [0.05, 0.1) is 30.0 Å². The van der Waals surface area contributed by atoms with Crippen LogP contribution in [0.15, 0.2) is 53.4 Å². The molecule has 0 aliphatic carbocycles. The van der Waals surface area contributed by atoms with Crippen molar-refractivity contribution in [3.63, 3.8) is 0 Å². The number of thiazole rings is 1. The molecule has 3 heterocycles. The van der Waals surface area contributed by atoms with Crippen molar-refractivity contribution in [1.29, 1.82) is 0 Å². The van der Waals surface area contributed by atoms with Crippen LogP contribution in [-0.4, -0.2) is 36.0 Å². The van der Waals surface area contributed by atoms with Crippen LogP contribution in [0.25, 0.3) is 16.0 Å². The molecule has 1 atom stereocenters. The maximum absolute atomic E-state index is 13.8. The number of aliphatic hydroxyl groups excluding tert-OH is 1. The SMILES string of the molecule is COc1cccc(OC)c1/C(O)=C1\C(=O)C(=O)N(c2nc3cc(F)c(F)cc3s2)C1c1cccs1. The number of ether oxygens (including phenoxy) is 2. The molecule has 1 aliphatic rings. The number of halogens is 2. The van der Waals surface area contributed by atoms with Crippen LogP contribution in [0.2, 0.25) is 0 Å². The zero-order chi connectivity index (χ0) is 24.9. The lowest BCUT2D eigenvalue weighted by atomic mass is 9.99. The minimum Gasteiger partial charge on any atom is -0.506 e. The highest BCUT2D eigenvalue weighted by Crippen LogP contribution is 2.47. The predicted molar refractivity (Wildman–Crippen MR) is 128 cm³/mol. The third-order valence-electron chi connectivity index (χ3n) is 5.55. The summed E-state index contributed by atoms with van der Waals surface area (Å²) in [6, 6.07) is 9.18. The summed E-state index contributed by atoms with van der Waals surface area (Å²) in [4.78, 5) is 32.6. The molecule has 1 unspecified atom stereocenters. The highest BCUT2D eigenvalue weighted by molar-refractivity contribution is 7.22. The minimum atomic E-state index is -1.07. The van der Waals surface area contributed by atoms with Crippen LogP contribution in [0.3, 0.4) is 0 Å². The van der Waals surface area contributed by atoms with Gasteiger partial charge in [0.15, 0.2) is 16.8 Å². The first-order valence-corrected chi connectivity index (χ1v) is 11.9. The van der Waals surface area contributed by atoms with E-state index in [0.717, 1.165) is 28.4 Å². The van der Waals surface area contributed by atoms with Gasteiger partial charge in [0, 0.05) is 10.9 Å². The summed E-state index contributed by atoms with van der Waals surface area (Å²) < 4.78 is 38.6. The lowest BCUT2D eigenvalue weighted by Crippen LogP contribution is -2.28. The number of methoxy groups -OCH3 is 2. The van der Waals surface area contributed by atoms with Gasteiger partial charge in [-0.15, -0.1) is 11.3 Å². The predicted octanol–water partition coefficient (Wildman–Crippen LogP) is 5.28. The number of aromatic nitrogens is 1. The van der Waals surface area contributed by atoms with Crippen molar-refractivity contribution in [2.45, 2.75) is 6.04 Å². The van der Waals surface area contributed by atoms with Gasteiger partial charge in [-0.3, -0.25) is 14.5 Å². The number of fused-ring (bicyclic) bond motifs is 1. The first-order chi connectivity index (χ1) is 16.8. The normalized spacial score (nSPS) is 17.4. The van der Waals surface area contributed by atoms with Gasteiger partial charge in [-0.05, 0) is 29.6 Å². The summed E-state index contributed by atoms with van der Waals surface area (Å²) >= 11 is 2.21. The van der Waals surface area contributed by atoms with E-state index in [1.807, 2.05) is 0 Å². The van der Waals surface area contributed by atoms with Crippen molar-refractivity contribution in [2.24, 2.45) is 0 Å². The second kappa shape index (κ2) is 8.75. The second-order valence-electron chi connectivity index (χ2n) is 7.45. The lowest BCUT2D eigenvalue weighted by molar-refractivity contribution is -0.132. The van der Waals surface area contributed by atoms with Crippen molar-refractivity contribution in [3.05, 3.63) is 75.5 Å². The van der Waals surface area contributed by atoms with E-state index < -0.39 is 35.1 Å². The summed E-state index contributed by atoms with van der Waals surface area (Å²) in [5.41, 5.74) is 0.0736. The maximum atomic E-state index is 13.8. The zero-order valence-corrected chi connectivity index (χ0v) is 19.9. The molecule has 7 nitrogen and oxygen atoms in total. The van der Waals surface area contributed by atoms with Crippen LogP contribution in [0.5, 0.6) is 11.5 Å². The highest BCUT2D eigenvalue weighted by atomic mass is 32.1. The number of rotatable bonds is 5. The Morgan fingerprint density at radius 3 is 2.37 bits per heavy atom. The monoisotopic (exact) mass is 514 g/mol. The summed E-state index contributed by atoms with van der Waals surface area (Å²) in [6.45, 7) is 0. The quantitative estimate of drug-likeness (QED) is 0.222. The van der Waals surface area contributed by atoms with Gasteiger partial charge in [-0.1, -0.05) is 23.5 Å². The number of amides is 1. The number of Topliss-reactive ketones (excluding diaryl/α,β-unsaturated/α-hetero) is 1. The maximum Gasteiger partial charge on any atom is 0.301 e. The van der Waals surface area contributed by atoms with Crippen molar-refractivity contribution >= 4 is 55.5 Å². The number of carbonyl (C=O) groups is 2. The second-order valence-corrected chi connectivity index (χ2v) is 9.44. The van der Waals surface area contributed by atoms with Crippen LogP contribution >= 0.6 is 22.7 Å². The summed E-state index contributed by atoms with van der Waals surface area (Å²) in [5.74, 6) is -3.99. The molecule has 1 fully saturated rings. The van der Waals surface area contributed by atoms with E-state index in [-0.39, 0.29) is 33.3 Å². The number of thiophene rings is 1. The fraction of sp³-hybridized carbons (Fsp3) is 0.125. The Morgan fingerprint density at radius 1 is 1.06 bits per heavy atom. The first-order valence-electron chi connectivity index (χ1n) is 10.2. The Balaban J connectivity index is 1.75. The molecule has 11 heteroatoms. The Kier molecular flexibility index (Phi) is 5.73. The van der Waals surface area contributed by atoms with Gasteiger partial charge >= 0.3 is 5.91 Å². The summed E-state index contributed by atoms with van der Waals surface area (Å²) in [7, 11) is 2.81. The van der Waals surface area contributed by atoms with E-state index in [4.69, 9.17) is 9.47 Å². The molecule has 5 rings (SSSR count). The molecule has 1 N–H and O–H groups in total. The van der Waals surface area contributed by atoms with Gasteiger partial charge in [-0.25, -0.2) is 13.8 Å². The average Bonchev–Trinajstić information content (AvgIpc) is 3.57. The Labute approximate surface area is 205 Å². The summed E-state index contributed by atoms with van der Waals surface area (Å²) in [6.07, 6.45) is 0. The molecule has 0 spiro atoms. The zero-order valence-electron chi connectivity index (χ0n) is 18.2. The first kappa shape index (κ1) is 22.9. The third kappa shape index (κ3) is 3.63. The molecule has 178 valence electrons. The highest BCUT2D eigenvalue weighted by Gasteiger charge is 2.49. The van der Waals surface area contributed by atoms with Crippen molar-refractivity contribution < 1.29 is 33.0 Å². The number of ketones is 1. The number of nitrogens with zero attached hydrogens (tertiary/aromatic N) is 2. The molecule has 35 heavy (non-hydrogen) atoms. The Bertz CT molecular complexity index is 1450. The third-order valence-corrected chi connectivity index (χ3v) is 7.49. The molecule has 0 bridgehead atoms. The molecule has 0 saturated carbocycles. The van der Waals surface area contributed by atoms with Crippen molar-refractivity contribution in [1.82, 2.24) is 4.98 Å². The number of anilines is 1. The van der Waals surface area contributed by atoms with Crippen LogP contribution in [-0.2, 0) is 9.59 Å². The molecule has 1 aliphatic heterocycles. The van der Waals surface area contributed by atoms with E-state index in [1.54, 1.807) is 35.7 Å². The number of benzene rings is 2. The van der Waals surface area contributed by atoms with E-state index in [9.17, 15) is 23.5 Å². The standard InChI is InChI=1S/C24H16F2N2O5S2/c1-32-14-5-3-6-15(33-2)18(14)21(29)19-20(16-7-4-8-34-16)28(23(31)22(19)30)24-27-13-9-11(25)12(26)10-17(13)35-24/h3-10,20,29H,1-2H3/b21-19+.